The van der Waals surface area contributed by atoms with Gasteiger partial charge in [-0.15, -0.1) is 0 Å². The Balaban J connectivity index is 3.33. The van der Waals surface area contributed by atoms with Gasteiger partial charge in [-0.2, -0.15) is 0 Å². The summed E-state index contributed by atoms with van der Waals surface area (Å²) in [6.07, 6.45) is 0.578. The first-order chi connectivity index (χ1) is 8.31. The van der Waals surface area contributed by atoms with Crippen molar-refractivity contribution in [3.8, 4) is 0 Å². The molecule has 0 radical (unpaired) electrons. The molecule has 1 aromatic carbocycles. The number of hydrogen-bond donors (Lipinski definition) is 2. The summed E-state index contributed by atoms with van der Waals surface area (Å²) in [4.78, 5) is 11.1. The zero-order valence-electron chi connectivity index (χ0n) is 10.4. The van der Waals surface area contributed by atoms with Crippen molar-refractivity contribution in [3.05, 3.63) is 33.8 Å². The zero-order chi connectivity index (χ0) is 13.9. The van der Waals surface area contributed by atoms with E-state index in [-0.39, 0.29) is 12.5 Å². The van der Waals surface area contributed by atoms with E-state index >= 15 is 0 Å². The van der Waals surface area contributed by atoms with E-state index in [0.717, 1.165) is 0 Å². The van der Waals surface area contributed by atoms with Gasteiger partial charge in [-0.25, -0.2) is 0 Å². The van der Waals surface area contributed by atoms with E-state index in [2.05, 4.69) is 0 Å². The molecule has 1 aromatic rings. The Morgan fingerprint density at radius 2 is 2.11 bits per heavy atom. The largest absolute Gasteiger partial charge is 0.481 e. The maximum absolute atomic E-state index is 11.1. The Bertz CT molecular complexity index is 451. The molecule has 1 rings (SSSR count). The molecule has 0 saturated heterocycles. The maximum atomic E-state index is 11.1. The van der Waals surface area contributed by atoms with Crippen LogP contribution in [0.4, 0.5) is 0 Å². The molecule has 0 bridgehead atoms. The van der Waals surface area contributed by atoms with Crippen molar-refractivity contribution < 1.29 is 9.90 Å². The molecule has 5 heteroatoms. The first-order valence-electron chi connectivity index (χ1n) is 5.74. The molecule has 0 saturated carbocycles. The van der Waals surface area contributed by atoms with Crippen molar-refractivity contribution in [2.75, 3.05) is 0 Å². The summed E-state index contributed by atoms with van der Waals surface area (Å²) in [5.74, 6) is -0.905. The lowest BCUT2D eigenvalue weighted by molar-refractivity contribution is -0.138. The predicted octanol–water partition coefficient (Wildman–Crippen LogP) is 3.46. The Kier molecular flexibility index (Phi) is 5.02. The number of carboxylic acid groups (broad SMARTS) is 1. The van der Waals surface area contributed by atoms with E-state index in [1.807, 2.05) is 13.8 Å². The van der Waals surface area contributed by atoms with Gasteiger partial charge in [0.2, 0.25) is 0 Å². The van der Waals surface area contributed by atoms with Gasteiger partial charge < -0.3 is 10.8 Å². The molecule has 0 amide bonds. The van der Waals surface area contributed by atoms with Gasteiger partial charge in [-0.05, 0) is 30.2 Å². The minimum atomic E-state index is -0.905. The van der Waals surface area contributed by atoms with E-state index in [4.69, 9.17) is 34.0 Å². The molecule has 0 aromatic heterocycles. The van der Waals surface area contributed by atoms with Gasteiger partial charge in [0.05, 0.1) is 6.42 Å². The number of benzene rings is 1. The van der Waals surface area contributed by atoms with Crippen molar-refractivity contribution in [3.63, 3.8) is 0 Å². The highest BCUT2D eigenvalue weighted by molar-refractivity contribution is 6.33. The minimum Gasteiger partial charge on any atom is -0.481 e. The van der Waals surface area contributed by atoms with Gasteiger partial charge in [-0.3, -0.25) is 4.79 Å². The summed E-state index contributed by atoms with van der Waals surface area (Å²) in [6.45, 7) is 3.73. The lowest BCUT2D eigenvalue weighted by Gasteiger charge is -2.35. The quantitative estimate of drug-likeness (QED) is 0.872. The first-order valence-corrected chi connectivity index (χ1v) is 6.49. The second kappa shape index (κ2) is 5.91. The molecular formula is C13H17Cl2NO2. The number of aliphatic carboxylic acids is 1. The van der Waals surface area contributed by atoms with Crippen molar-refractivity contribution in [1.82, 2.24) is 0 Å². The topological polar surface area (TPSA) is 63.3 Å². The molecule has 3 N–H and O–H groups in total. The Morgan fingerprint density at radius 1 is 1.50 bits per heavy atom. The summed E-state index contributed by atoms with van der Waals surface area (Å²) in [5.41, 5.74) is 6.04. The third-order valence-corrected chi connectivity index (χ3v) is 3.89. The predicted molar refractivity (Wildman–Crippen MR) is 74.3 cm³/mol. The molecule has 3 nitrogen and oxygen atoms in total. The molecule has 100 valence electrons. The highest BCUT2D eigenvalue weighted by atomic mass is 35.5. The SMILES string of the molecule is CCC(N)C(C)(CC(=O)O)c1cc(Cl)ccc1Cl. The van der Waals surface area contributed by atoms with Crippen molar-refractivity contribution >= 4 is 29.2 Å². The highest BCUT2D eigenvalue weighted by Crippen LogP contribution is 2.37. The van der Waals surface area contributed by atoms with Crippen LogP contribution in [0.25, 0.3) is 0 Å². The lowest BCUT2D eigenvalue weighted by Crippen LogP contribution is -2.44. The molecule has 2 atom stereocenters. The average molecular weight is 290 g/mol. The van der Waals surface area contributed by atoms with Crippen LogP contribution in [0.1, 0.15) is 32.3 Å². The van der Waals surface area contributed by atoms with E-state index in [9.17, 15) is 4.79 Å². The average Bonchev–Trinajstić information content (AvgIpc) is 2.30. The maximum Gasteiger partial charge on any atom is 0.304 e. The Labute approximate surface area is 117 Å². The summed E-state index contributed by atoms with van der Waals surface area (Å²) in [5, 5.41) is 10.1. The number of hydrogen-bond acceptors (Lipinski definition) is 2. The fraction of sp³-hybridized carbons (Fsp3) is 0.462. The van der Waals surface area contributed by atoms with Crippen molar-refractivity contribution in [1.29, 1.82) is 0 Å². The van der Waals surface area contributed by atoms with Crippen LogP contribution in [-0.4, -0.2) is 17.1 Å². The summed E-state index contributed by atoms with van der Waals surface area (Å²) < 4.78 is 0. The standard InChI is InChI=1S/C13H17Cl2NO2/c1-3-11(16)13(2,7-12(17)18)9-6-8(14)4-5-10(9)15/h4-6,11H,3,7,16H2,1-2H3,(H,17,18). The third kappa shape index (κ3) is 3.16. The third-order valence-electron chi connectivity index (χ3n) is 3.32. The number of nitrogens with two attached hydrogens (primary N) is 1. The molecule has 18 heavy (non-hydrogen) atoms. The van der Waals surface area contributed by atoms with Gasteiger partial charge in [-0.1, -0.05) is 37.0 Å². The van der Waals surface area contributed by atoms with Gasteiger partial charge in [0, 0.05) is 21.5 Å². The summed E-state index contributed by atoms with van der Waals surface area (Å²) >= 11 is 12.1. The van der Waals surface area contributed by atoms with Crippen LogP contribution in [-0.2, 0) is 10.2 Å². The van der Waals surface area contributed by atoms with E-state index in [1.54, 1.807) is 18.2 Å². The van der Waals surface area contributed by atoms with Crippen LogP contribution in [0.5, 0.6) is 0 Å². The summed E-state index contributed by atoms with van der Waals surface area (Å²) in [7, 11) is 0. The fourth-order valence-electron chi connectivity index (χ4n) is 2.13. The highest BCUT2D eigenvalue weighted by Gasteiger charge is 2.36. The van der Waals surface area contributed by atoms with Crippen molar-refractivity contribution in [2.24, 2.45) is 5.73 Å². The van der Waals surface area contributed by atoms with Crippen LogP contribution in [0.2, 0.25) is 10.0 Å². The number of carboxylic acids is 1. The van der Waals surface area contributed by atoms with Crippen molar-refractivity contribution in [2.45, 2.75) is 38.1 Å². The second-order valence-electron chi connectivity index (χ2n) is 4.63. The Morgan fingerprint density at radius 3 is 2.61 bits per heavy atom. The van der Waals surface area contributed by atoms with Crippen LogP contribution < -0.4 is 5.73 Å². The zero-order valence-corrected chi connectivity index (χ0v) is 11.9. The molecule has 0 aliphatic carbocycles. The lowest BCUT2D eigenvalue weighted by atomic mass is 9.72. The fourth-order valence-corrected chi connectivity index (χ4v) is 2.63. The molecule has 2 unspecified atom stereocenters. The van der Waals surface area contributed by atoms with Crippen LogP contribution in [0.15, 0.2) is 18.2 Å². The molecule has 0 aliphatic rings. The number of rotatable bonds is 5. The van der Waals surface area contributed by atoms with E-state index in [0.29, 0.717) is 22.0 Å². The minimum absolute atomic E-state index is 0.0813. The molecule has 0 heterocycles. The number of carbonyl (C=O) groups is 1. The van der Waals surface area contributed by atoms with Crippen LogP contribution in [0, 0.1) is 0 Å². The van der Waals surface area contributed by atoms with Gasteiger partial charge >= 0.3 is 5.97 Å². The van der Waals surface area contributed by atoms with Gasteiger partial charge in [0.15, 0.2) is 0 Å². The summed E-state index contributed by atoms with van der Waals surface area (Å²) in [6, 6.07) is 4.74. The second-order valence-corrected chi connectivity index (χ2v) is 5.47. The van der Waals surface area contributed by atoms with E-state index < -0.39 is 11.4 Å². The molecular weight excluding hydrogens is 273 g/mol. The molecule has 0 spiro atoms. The smallest absolute Gasteiger partial charge is 0.304 e. The molecule has 0 aliphatic heterocycles. The molecule has 0 fully saturated rings. The monoisotopic (exact) mass is 289 g/mol. The normalized spacial score (nSPS) is 16.1. The van der Waals surface area contributed by atoms with Crippen LogP contribution >= 0.6 is 23.2 Å². The van der Waals surface area contributed by atoms with Gasteiger partial charge in [0.25, 0.3) is 0 Å². The van der Waals surface area contributed by atoms with Gasteiger partial charge in [0.1, 0.15) is 0 Å². The first kappa shape index (κ1) is 15.3. The van der Waals surface area contributed by atoms with Crippen LogP contribution in [0.3, 0.4) is 0 Å². The Hall–Kier alpha value is -0.770. The van der Waals surface area contributed by atoms with E-state index in [1.165, 1.54) is 0 Å². The number of halogens is 2.